The normalized spacial score (nSPS) is 10.3. The molecule has 0 spiro atoms. The first-order valence-corrected chi connectivity index (χ1v) is 7.38. The molecule has 1 aromatic carbocycles. The molecule has 0 bridgehead atoms. The van der Waals surface area contributed by atoms with Crippen LogP contribution in [0.5, 0.6) is 0 Å². The highest BCUT2D eigenvalue weighted by Crippen LogP contribution is 2.14. The third-order valence-corrected chi connectivity index (χ3v) is 3.31. The van der Waals surface area contributed by atoms with Gasteiger partial charge in [0, 0.05) is 17.2 Å². The van der Waals surface area contributed by atoms with Gasteiger partial charge in [0.05, 0.1) is 11.8 Å². The van der Waals surface area contributed by atoms with Crippen LogP contribution in [-0.4, -0.2) is 16.2 Å². The van der Waals surface area contributed by atoms with E-state index in [1.165, 1.54) is 6.20 Å². The summed E-state index contributed by atoms with van der Waals surface area (Å²) in [5, 5.41) is 3.69. The number of amides is 1. The third-order valence-electron chi connectivity index (χ3n) is 2.75. The monoisotopic (exact) mass is 336 g/mol. The summed E-state index contributed by atoms with van der Waals surface area (Å²) in [6, 6.07) is 8.80. The average Bonchev–Trinajstić information content (AvgIpc) is 2.45. The maximum atomic E-state index is 13.0. The van der Waals surface area contributed by atoms with Gasteiger partial charge in [0.15, 0.2) is 0 Å². The maximum absolute atomic E-state index is 13.0. The number of halogens is 2. The molecule has 0 aliphatic rings. The Hall–Kier alpha value is -1.75. The Labute approximate surface area is 125 Å². The molecule has 1 N–H and O–H groups in total. The summed E-state index contributed by atoms with van der Waals surface area (Å²) in [5.74, 6) is -0.890. The molecule has 0 atom stereocenters. The summed E-state index contributed by atoms with van der Waals surface area (Å²) < 4.78 is 13.0. The number of hydrogen-bond donors (Lipinski definition) is 1. The molecule has 1 aromatic heterocycles. The van der Waals surface area contributed by atoms with Crippen LogP contribution in [0.1, 0.15) is 22.3 Å². The van der Waals surface area contributed by atoms with Gasteiger partial charge >= 0.3 is 0 Å². The van der Waals surface area contributed by atoms with Crippen LogP contribution in [0, 0.1) is 5.82 Å². The first-order chi connectivity index (χ1) is 9.69. The predicted octanol–water partition coefficient (Wildman–Crippen LogP) is 3.80. The van der Waals surface area contributed by atoms with Gasteiger partial charge in [0.2, 0.25) is 0 Å². The van der Waals surface area contributed by atoms with Crippen LogP contribution < -0.4 is 5.32 Å². The standard InChI is InChI=1S/C15H14BrFN2O/c16-6-2-4-11-3-1-5-14(7-11)19-15(20)12-8-13(17)10-18-9-12/h1,3,5,7-10H,2,4,6H2,(H,19,20). The minimum Gasteiger partial charge on any atom is -0.322 e. The Morgan fingerprint density at radius 1 is 1.30 bits per heavy atom. The van der Waals surface area contributed by atoms with E-state index in [1.807, 2.05) is 24.3 Å². The molecule has 0 saturated heterocycles. The Bertz CT molecular complexity index is 604. The van der Waals surface area contributed by atoms with Crippen LogP contribution in [0.2, 0.25) is 0 Å². The number of alkyl halides is 1. The van der Waals surface area contributed by atoms with Crippen molar-refractivity contribution in [1.29, 1.82) is 0 Å². The van der Waals surface area contributed by atoms with E-state index in [4.69, 9.17) is 0 Å². The van der Waals surface area contributed by atoms with Crippen LogP contribution in [0.25, 0.3) is 0 Å². The molecular weight excluding hydrogens is 323 g/mol. The second-order valence-electron chi connectivity index (χ2n) is 4.34. The molecule has 1 amide bonds. The van der Waals surface area contributed by atoms with E-state index in [0.717, 1.165) is 36.0 Å². The number of aromatic nitrogens is 1. The van der Waals surface area contributed by atoms with Gasteiger partial charge in [-0.05, 0) is 36.6 Å². The summed E-state index contributed by atoms with van der Waals surface area (Å²) in [4.78, 5) is 15.6. The molecule has 0 aliphatic heterocycles. The Morgan fingerprint density at radius 2 is 2.15 bits per heavy atom. The summed E-state index contributed by atoms with van der Waals surface area (Å²) in [6.07, 6.45) is 4.38. The number of hydrogen-bond acceptors (Lipinski definition) is 2. The van der Waals surface area contributed by atoms with Gasteiger partial charge in [-0.15, -0.1) is 0 Å². The number of pyridine rings is 1. The molecule has 20 heavy (non-hydrogen) atoms. The molecule has 2 aromatic rings. The van der Waals surface area contributed by atoms with E-state index in [0.29, 0.717) is 5.69 Å². The van der Waals surface area contributed by atoms with Gasteiger partial charge in [0.1, 0.15) is 5.82 Å². The Kier molecular flexibility index (Phi) is 5.24. The van der Waals surface area contributed by atoms with Gasteiger partial charge < -0.3 is 5.32 Å². The molecule has 5 heteroatoms. The largest absolute Gasteiger partial charge is 0.322 e. The van der Waals surface area contributed by atoms with Crippen LogP contribution in [-0.2, 0) is 6.42 Å². The third kappa shape index (κ3) is 4.13. The number of rotatable bonds is 5. The fourth-order valence-electron chi connectivity index (χ4n) is 1.81. The van der Waals surface area contributed by atoms with Crippen molar-refractivity contribution >= 4 is 27.5 Å². The summed E-state index contributed by atoms with van der Waals surface area (Å²) in [7, 11) is 0. The van der Waals surface area contributed by atoms with Gasteiger partial charge in [-0.3, -0.25) is 9.78 Å². The fraction of sp³-hybridized carbons (Fsp3) is 0.200. The molecule has 2 rings (SSSR count). The van der Waals surface area contributed by atoms with Crippen molar-refractivity contribution in [2.45, 2.75) is 12.8 Å². The fourth-order valence-corrected chi connectivity index (χ4v) is 2.10. The highest BCUT2D eigenvalue weighted by molar-refractivity contribution is 9.09. The molecule has 0 radical (unpaired) electrons. The van der Waals surface area contributed by atoms with E-state index < -0.39 is 5.82 Å². The van der Waals surface area contributed by atoms with Crippen LogP contribution in [0.3, 0.4) is 0 Å². The van der Waals surface area contributed by atoms with E-state index in [1.54, 1.807) is 0 Å². The maximum Gasteiger partial charge on any atom is 0.257 e. The number of nitrogens with one attached hydrogen (secondary N) is 1. The number of nitrogens with zero attached hydrogens (tertiary/aromatic N) is 1. The van der Waals surface area contributed by atoms with Crippen LogP contribution >= 0.6 is 15.9 Å². The van der Waals surface area contributed by atoms with Gasteiger partial charge in [-0.25, -0.2) is 4.39 Å². The van der Waals surface area contributed by atoms with E-state index >= 15 is 0 Å². The number of carbonyl (C=O) groups excluding carboxylic acids is 1. The highest BCUT2D eigenvalue weighted by Gasteiger charge is 2.07. The lowest BCUT2D eigenvalue weighted by Gasteiger charge is -2.07. The van der Waals surface area contributed by atoms with Crippen molar-refractivity contribution in [2.24, 2.45) is 0 Å². The smallest absolute Gasteiger partial charge is 0.257 e. The molecule has 0 fully saturated rings. The highest BCUT2D eigenvalue weighted by atomic mass is 79.9. The number of carbonyl (C=O) groups is 1. The van der Waals surface area contributed by atoms with E-state index in [2.05, 4.69) is 26.2 Å². The molecule has 104 valence electrons. The summed E-state index contributed by atoms with van der Waals surface area (Å²) in [5.41, 5.74) is 2.06. The Balaban J connectivity index is 2.07. The zero-order valence-corrected chi connectivity index (χ0v) is 12.4. The molecule has 0 unspecified atom stereocenters. The predicted molar refractivity (Wildman–Crippen MR) is 80.7 cm³/mol. The Morgan fingerprint density at radius 3 is 2.90 bits per heavy atom. The van der Waals surface area contributed by atoms with Crippen molar-refractivity contribution < 1.29 is 9.18 Å². The average molecular weight is 337 g/mol. The minimum atomic E-state index is -0.524. The molecular formula is C15H14BrFN2O. The van der Waals surface area contributed by atoms with Gasteiger partial charge in [-0.1, -0.05) is 28.1 Å². The lowest BCUT2D eigenvalue weighted by molar-refractivity contribution is 0.102. The van der Waals surface area contributed by atoms with Gasteiger partial charge in [-0.2, -0.15) is 0 Å². The summed E-state index contributed by atoms with van der Waals surface area (Å²) in [6.45, 7) is 0. The first-order valence-electron chi connectivity index (χ1n) is 6.26. The second-order valence-corrected chi connectivity index (χ2v) is 5.13. The van der Waals surface area contributed by atoms with Crippen molar-refractivity contribution in [3.63, 3.8) is 0 Å². The van der Waals surface area contributed by atoms with E-state index in [9.17, 15) is 9.18 Å². The van der Waals surface area contributed by atoms with Crippen LogP contribution in [0.4, 0.5) is 10.1 Å². The van der Waals surface area contributed by atoms with Gasteiger partial charge in [0.25, 0.3) is 5.91 Å². The molecule has 0 saturated carbocycles. The minimum absolute atomic E-state index is 0.205. The summed E-state index contributed by atoms with van der Waals surface area (Å²) >= 11 is 3.39. The first kappa shape index (κ1) is 14.7. The quantitative estimate of drug-likeness (QED) is 0.844. The topological polar surface area (TPSA) is 42.0 Å². The molecule has 1 heterocycles. The van der Waals surface area contributed by atoms with Crippen molar-refractivity contribution in [2.75, 3.05) is 10.6 Å². The second kappa shape index (κ2) is 7.14. The lowest BCUT2D eigenvalue weighted by atomic mass is 10.1. The zero-order valence-electron chi connectivity index (χ0n) is 10.8. The zero-order chi connectivity index (χ0) is 14.4. The SMILES string of the molecule is O=C(Nc1cccc(CCCBr)c1)c1cncc(F)c1. The molecule has 0 aliphatic carbocycles. The molecule has 3 nitrogen and oxygen atoms in total. The van der Waals surface area contributed by atoms with Crippen molar-refractivity contribution in [1.82, 2.24) is 4.98 Å². The number of benzene rings is 1. The van der Waals surface area contributed by atoms with Crippen LogP contribution in [0.15, 0.2) is 42.7 Å². The van der Waals surface area contributed by atoms with Crippen molar-refractivity contribution in [3.05, 3.63) is 59.7 Å². The number of anilines is 1. The van der Waals surface area contributed by atoms with E-state index in [-0.39, 0.29) is 11.5 Å². The number of aryl methyl sites for hydroxylation is 1. The van der Waals surface area contributed by atoms with Crippen molar-refractivity contribution in [3.8, 4) is 0 Å². The lowest BCUT2D eigenvalue weighted by Crippen LogP contribution is -2.12.